The van der Waals surface area contributed by atoms with Crippen molar-refractivity contribution in [1.82, 2.24) is 19.8 Å². The zero-order valence-corrected chi connectivity index (χ0v) is 17.1. The number of halogens is 2. The number of alkyl halides is 2. The Bertz CT molecular complexity index is 929. The van der Waals surface area contributed by atoms with E-state index < -0.39 is 12.2 Å². The SMILES string of the molecule is CC1CN(C(=O)C2CCN(C(=O)c3ccc4nc(C(F)F)[nH]c4c3)CC2)CC(C)O1. The number of nitrogens with one attached hydrogen (secondary N) is 1. The van der Waals surface area contributed by atoms with Crippen molar-refractivity contribution in [3.63, 3.8) is 0 Å². The molecule has 30 heavy (non-hydrogen) atoms. The van der Waals surface area contributed by atoms with E-state index in [1.54, 1.807) is 23.1 Å². The molecule has 2 saturated heterocycles. The topological polar surface area (TPSA) is 78.5 Å². The van der Waals surface area contributed by atoms with E-state index in [1.807, 2.05) is 18.7 Å². The van der Waals surface area contributed by atoms with Crippen LogP contribution in [0.2, 0.25) is 0 Å². The highest BCUT2D eigenvalue weighted by Gasteiger charge is 2.33. The van der Waals surface area contributed by atoms with Crippen molar-refractivity contribution in [2.24, 2.45) is 5.92 Å². The number of nitrogens with zero attached hydrogens (tertiary/aromatic N) is 3. The molecule has 7 nitrogen and oxygen atoms in total. The normalized spacial score (nSPS) is 23.4. The molecule has 2 atom stereocenters. The molecule has 4 rings (SSSR count). The van der Waals surface area contributed by atoms with Crippen LogP contribution in [-0.2, 0) is 9.53 Å². The Morgan fingerprint density at radius 1 is 1.13 bits per heavy atom. The highest BCUT2D eigenvalue weighted by Crippen LogP contribution is 2.25. The average Bonchev–Trinajstić information content (AvgIpc) is 3.16. The number of rotatable bonds is 3. The Morgan fingerprint density at radius 3 is 2.43 bits per heavy atom. The van der Waals surface area contributed by atoms with Gasteiger partial charge in [-0.2, -0.15) is 0 Å². The summed E-state index contributed by atoms with van der Waals surface area (Å²) in [7, 11) is 0. The van der Waals surface area contributed by atoms with Crippen molar-refractivity contribution in [3.05, 3.63) is 29.6 Å². The molecule has 2 fully saturated rings. The number of amides is 2. The van der Waals surface area contributed by atoms with Crippen LogP contribution < -0.4 is 0 Å². The number of piperidine rings is 1. The van der Waals surface area contributed by atoms with Crippen LogP contribution in [0.25, 0.3) is 11.0 Å². The Morgan fingerprint density at radius 2 is 1.80 bits per heavy atom. The molecule has 0 bridgehead atoms. The number of ether oxygens (including phenoxy) is 1. The number of imidazole rings is 1. The molecule has 2 aromatic rings. The fourth-order valence-electron chi connectivity index (χ4n) is 4.39. The van der Waals surface area contributed by atoms with Gasteiger partial charge in [0.15, 0.2) is 5.82 Å². The van der Waals surface area contributed by atoms with Crippen LogP contribution in [0.5, 0.6) is 0 Å². The van der Waals surface area contributed by atoms with E-state index in [-0.39, 0.29) is 29.9 Å². The summed E-state index contributed by atoms with van der Waals surface area (Å²) in [6.45, 7) is 6.14. The van der Waals surface area contributed by atoms with E-state index in [0.717, 1.165) is 0 Å². The molecule has 2 aliphatic heterocycles. The summed E-state index contributed by atoms with van der Waals surface area (Å²) in [5, 5.41) is 0. The second-order valence-electron chi connectivity index (χ2n) is 8.22. The zero-order valence-electron chi connectivity index (χ0n) is 17.1. The number of aromatic amines is 1. The molecule has 0 spiro atoms. The highest BCUT2D eigenvalue weighted by molar-refractivity contribution is 5.97. The minimum absolute atomic E-state index is 0.0300. The predicted octanol–water partition coefficient (Wildman–Crippen LogP) is 2.99. The Labute approximate surface area is 173 Å². The molecular formula is C21H26F2N4O3. The molecule has 1 N–H and O–H groups in total. The largest absolute Gasteiger partial charge is 0.372 e. The van der Waals surface area contributed by atoms with Crippen molar-refractivity contribution in [3.8, 4) is 0 Å². The van der Waals surface area contributed by atoms with Gasteiger partial charge in [0.2, 0.25) is 5.91 Å². The lowest BCUT2D eigenvalue weighted by molar-refractivity contribution is -0.148. The highest BCUT2D eigenvalue weighted by atomic mass is 19.3. The first kappa shape index (κ1) is 20.7. The summed E-state index contributed by atoms with van der Waals surface area (Å²) < 4.78 is 31.4. The maximum Gasteiger partial charge on any atom is 0.295 e. The number of hydrogen-bond acceptors (Lipinski definition) is 4. The molecule has 0 radical (unpaired) electrons. The Balaban J connectivity index is 1.38. The molecule has 3 heterocycles. The van der Waals surface area contributed by atoms with Gasteiger partial charge in [-0.1, -0.05) is 0 Å². The summed E-state index contributed by atoms with van der Waals surface area (Å²) in [4.78, 5) is 35.8. The molecule has 2 amide bonds. The molecule has 0 aliphatic carbocycles. The van der Waals surface area contributed by atoms with Crippen LogP contribution in [-0.4, -0.2) is 70.0 Å². The maximum absolute atomic E-state index is 12.9. The van der Waals surface area contributed by atoms with Gasteiger partial charge in [-0.3, -0.25) is 9.59 Å². The lowest BCUT2D eigenvalue weighted by Crippen LogP contribution is -2.51. The second-order valence-corrected chi connectivity index (χ2v) is 8.22. The molecule has 2 aliphatic rings. The third-order valence-electron chi connectivity index (χ3n) is 5.82. The van der Waals surface area contributed by atoms with Gasteiger partial charge >= 0.3 is 0 Å². The number of H-pyrrole nitrogens is 1. The van der Waals surface area contributed by atoms with Crippen molar-refractivity contribution in [1.29, 1.82) is 0 Å². The maximum atomic E-state index is 12.9. The third kappa shape index (κ3) is 4.16. The number of likely N-dealkylation sites (tertiary alicyclic amines) is 1. The fourth-order valence-corrected chi connectivity index (χ4v) is 4.39. The summed E-state index contributed by atoms with van der Waals surface area (Å²) in [6, 6.07) is 4.74. The van der Waals surface area contributed by atoms with E-state index in [0.29, 0.717) is 55.6 Å². The van der Waals surface area contributed by atoms with Crippen LogP contribution in [0.1, 0.15) is 49.3 Å². The van der Waals surface area contributed by atoms with E-state index in [4.69, 9.17) is 4.74 Å². The fraction of sp³-hybridized carbons (Fsp3) is 0.571. The third-order valence-corrected chi connectivity index (χ3v) is 5.82. The summed E-state index contributed by atoms with van der Waals surface area (Å²) in [6.07, 6.45) is -1.39. The van der Waals surface area contributed by atoms with Gasteiger partial charge in [-0.15, -0.1) is 0 Å². The van der Waals surface area contributed by atoms with Crippen LogP contribution in [0.15, 0.2) is 18.2 Å². The van der Waals surface area contributed by atoms with E-state index in [2.05, 4.69) is 9.97 Å². The smallest absolute Gasteiger partial charge is 0.295 e. The van der Waals surface area contributed by atoms with Gasteiger partial charge in [0.1, 0.15) is 0 Å². The number of carbonyl (C=O) groups excluding carboxylic acids is 2. The van der Waals surface area contributed by atoms with Gasteiger partial charge in [-0.05, 0) is 44.9 Å². The summed E-state index contributed by atoms with van der Waals surface area (Å²) in [5.41, 5.74) is 1.24. The lowest BCUT2D eigenvalue weighted by atomic mass is 9.94. The van der Waals surface area contributed by atoms with Gasteiger partial charge in [0.05, 0.1) is 23.2 Å². The van der Waals surface area contributed by atoms with Crippen molar-refractivity contribution < 1.29 is 23.1 Å². The van der Waals surface area contributed by atoms with Crippen molar-refractivity contribution in [2.45, 2.75) is 45.3 Å². The number of aromatic nitrogens is 2. The van der Waals surface area contributed by atoms with Crippen LogP contribution in [0, 0.1) is 5.92 Å². The molecule has 162 valence electrons. The minimum atomic E-state index is -2.69. The molecule has 9 heteroatoms. The first-order chi connectivity index (χ1) is 14.3. The molecule has 2 unspecified atom stereocenters. The van der Waals surface area contributed by atoms with E-state index in [1.165, 1.54) is 0 Å². The summed E-state index contributed by atoms with van der Waals surface area (Å²) in [5.74, 6) is -0.511. The van der Waals surface area contributed by atoms with E-state index in [9.17, 15) is 18.4 Å². The minimum Gasteiger partial charge on any atom is -0.372 e. The molecule has 1 aromatic heterocycles. The number of hydrogen-bond donors (Lipinski definition) is 1. The Kier molecular flexibility index (Phi) is 5.73. The van der Waals surface area contributed by atoms with Crippen LogP contribution in [0.4, 0.5) is 8.78 Å². The van der Waals surface area contributed by atoms with Crippen molar-refractivity contribution in [2.75, 3.05) is 26.2 Å². The quantitative estimate of drug-likeness (QED) is 0.828. The number of morpholine rings is 1. The summed E-state index contributed by atoms with van der Waals surface area (Å²) >= 11 is 0. The first-order valence-electron chi connectivity index (χ1n) is 10.3. The van der Waals surface area contributed by atoms with Gasteiger partial charge in [0, 0.05) is 37.7 Å². The number of carbonyl (C=O) groups is 2. The predicted molar refractivity (Wildman–Crippen MR) is 106 cm³/mol. The Hall–Kier alpha value is -2.55. The van der Waals surface area contributed by atoms with Gasteiger partial charge in [0.25, 0.3) is 12.3 Å². The standard InChI is InChI=1S/C21H26F2N4O3/c1-12-10-27(11-13(2)30-12)20(28)14-5-7-26(8-6-14)21(29)15-3-4-16-17(9-15)25-19(24-16)18(22)23/h3-4,9,12-14,18H,5-8,10-11H2,1-2H3,(H,24,25). The van der Waals surface area contributed by atoms with Crippen LogP contribution >= 0.6 is 0 Å². The number of fused-ring (bicyclic) bond motifs is 1. The molecule has 1 aromatic carbocycles. The average molecular weight is 420 g/mol. The van der Waals surface area contributed by atoms with Gasteiger partial charge < -0.3 is 19.5 Å². The van der Waals surface area contributed by atoms with Crippen molar-refractivity contribution >= 4 is 22.8 Å². The monoisotopic (exact) mass is 420 g/mol. The number of benzene rings is 1. The zero-order chi connectivity index (χ0) is 21.4. The van der Waals surface area contributed by atoms with E-state index >= 15 is 0 Å². The first-order valence-corrected chi connectivity index (χ1v) is 10.3. The molecular weight excluding hydrogens is 394 g/mol. The lowest BCUT2D eigenvalue weighted by Gasteiger charge is -2.39. The second kappa shape index (κ2) is 8.29. The van der Waals surface area contributed by atoms with Crippen LogP contribution in [0.3, 0.4) is 0 Å². The van der Waals surface area contributed by atoms with Gasteiger partial charge in [-0.25, -0.2) is 13.8 Å². The molecule has 0 saturated carbocycles.